The van der Waals surface area contributed by atoms with Crippen LogP contribution in [0.5, 0.6) is 0 Å². The number of benzene rings is 2. The maximum atomic E-state index is 13.0. The molecule has 0 aromatic heterocycles. The standard InChI is InChI=1S/C21H24N2O3S/c1-3-23-17-14-15(20(24)22-12-7-13-26-4-2)10-11-19(17)27-18-9-6-5-8-16(18)21(23)25/h5-6,8-11,14H,3-4,7,12-13H2,1-2H3,(H,22,24). The molecule has 2 aromatic rings. The molecule has 2 amide bonds. The van der Waals surface area contributed by atoms with Gasteiger partial charge >= 0.3 is 0 Å². The zero-order chi connectivity index (χ0) is 19.2. The molecule has 0 atom stereocenters. The molecule has 5 nitrogen and oxygen atoms in total. The maximum absolute atomic E-state index is 13.0. The second-order valence-electron chi connectivity index (χ2n) is 6.14. The van der Waals surface area contributed by atoms with Crippen molar-refractivity contribution in [2.45, 2.75) is 30.1 Å². The minimum atomic E-state index is -0.135. The Morgan fingerprint density at radius 3 is 2.74 bits per heavy atom. The molecule has 0 saturated heterocycles. The first kappa shape index (κ1) is 19.5. The molecular weight excluding hydrogens is 360 g/mol. The van der Waals surface area contributed by atoms with Gasteiger partial charge in [-0.3, -0.25) is 9.59 Å². The minimum absolute atomic E-state index is 0.0337. The molecule has 142 valence electrons. The number of nitrogens with zero attached hydrogens (tertiary/aromatic N) is 1. The number of hydrogen-bond acceptors (Lipinski definition) is 4. The van der Waals surface area contributed by atoms with Crippen LogP contribution in [-0.4, -0.2) is 38.1 Å². The Bertz CT molecular complexity index is 838. The highest BCUT2D eigenvalue weighted by atomic mass is 32.2. The van der Waals surface area contributed by atoms with Crippen LogP contribution in [0.2, 0.25) is 0 Å². The Labute approximate surface area is 164 Å². The number of carbonyl (C=O) groups is 2. The first-order valence-corrected chi connectivity index (χ1v) is 10.1. The third-order valence-corrected chi connectivity index (χ3v) is 5.51. The van der Waals surface area contributed by atoms with E-state index < -0.39 is 0 Å². The van der Waals surface area contributed by atoms with Crippen molar-refractivity contribution in [1.82, 2.24) is 5.32 Å². The van der Waals surface area contributed by atoms with Crippen molar-refractivity contribution in [2.75, 3.05) is 31.2 Å². The van der Waals surface area contributed by atoms with Crippen LogP contribution >= 0.6 is 11.8 Å². The lowest BCUT2D eigenvalue weighted by molar-refractivity contribution is 0.0941. The second-order valence-corrected chi connectivity index (χ2v) is 7.22. The molecule has 0 bridgehead atoms. The Kier molecular flexibility index (Phi) is 6.53. The number of hydrogen-bond donors (Lipinski definition) is 1. The van der Waals surface area contributed by atoms with E-state index in [0.717, 1.165) is 21.9 Å². The van der Waals surface area contributed by atoms with E-state index in [1.165, 1.54) is 0 Å². The lowest BCUT2D eigenvalue weighted by Gasteiger charge is -2.21. The average Bonchev–Trinajstić information content (AvgIpc) is 2.81. The van der Waals surface area contributed by atoms with Gasteiger partial charge < -0.3 is 15.0 Å². The van der Waals surface area contributed by atoms with Crippen molar-refractivity contribution in [3.8, 4) is 0 Å². The summed E-state index contributed by atoms with van der Waals surface area (Å²) in [5.41, 5.74) is 2.04. The van der Waals surface area contributed by atoms with Crippen molar-refractivity contribution in [1.29, 1.82) is 0 Å². The number of ether oxygens (including phenoxy) is 1. The van der Waals surface area contributed by atoms with Gasteiger partial charge in [0.25, 0.3) is 11.8 Å². The van der Waals surface area contributed by atoms with E-state index in [4.69, 9.17) is 4.74 Å². The first-order chi connectivity index (χ1) is 13.2. The molecule has 1 heterocycles. The van der Waals surface area contributed by atoms with Crippen LogP contribution in [0.4, 0.5) is 5.69 Å². The van der Waals surface area contributed by atoms with Crippen molar-refractivity contribution >= 4 is 29.3 Å². The maximum Gasteiger partial charge on any atom is 0.259 e. The molecule has 2 aromatic carbocycles. The molecule has 27 heavy (non-hydrogen) atoms. The third-order valence-electron chi connectivity index (χ3n) is 4.37. The van der Waals surface area contributed by atoms with Crippen molar-refractivity contribution in [3.63, 3.8) is 0 Å². The molecule has 0 aliphatic carbocycles. The van der Waals surface area contributed by atoms with Crippen LogP contribution in [0.1, 0.15) is 41.0 Å². The molecule has 6 heteroatoms. The molecule has 0 unspecified atom stereocenters. The second kappa shape index (κ2) is 9.06. The predicted octanol–water partition coefficient (Wildman–Crippen LogP) is 3.97. The van der Waals surface area contributed by atoms with Gasteiger partial charge in [-0.15, -0.1) is 0 Å². The zero-order valence-corrected chi connectivity index (χ0v) is 16.5. The molecule has 0 radical (unpaired) electrons. The van der Waals surface area contributed by atoms with E-state index in [1.54, 1.807) is 16.7 Å². The summed E-state index contributed by atoms with van der Waals surface area (Å²) in [4.78, 5) is 29.1. The summed E-state index contributed by atoms with van der Waals surface area (Å²) in [6.07, 6.45) is 0.773. The molecule has 3 rings (SSSR count). The lowest BCUT2D eigenvalue weighted by Crippen LogP contribution is -2.31. The van der Waals surface area contributed by atoms with Crippen LogP contribution in [0, 0.1) is 0 Å². The molecule has 0 fully saturated rings. The third kappa shape index (κ3) is 4.34. The molecule has 1 aliphatic heterocycles. The number of rotatable bonds is 7. The van der Waals surface area contributed by atoms with E-state index in [0.29, 0.717) is 37.4 Å². The minimum Gasteiger partial charge on any atom is -0.382 e. The summed E-state index contributed by atoms with van der Waals surface area (Å²) in [6, 6.07) is 13.2. The summed E-state index contributed by atoms with van der Waals surface area (Å²) in [5.74, 6) is -0.168. The predicted molar refractivity (Wildman–Crippen MR) is 108 cm³/mol. The number of fused-ring (bicyclic) bond motifs is 2. The first-order valence-electron chi connectivity index (χ1n) is 9.24. The van der Waals surface area contributed by atoms with E-state index in [-0.39, 0.29) is 11.8 Å². The normalized spacial score (nSPS) is 13.0. The quantitative estimate of drug-likeness (QED) is 0.734. The summed E-state index contributed by atoms with van der Waals surface area (Å²) in [5, 5.41) is 2.91. The van der Waals surface area contributed by atoms with Gasteiger partial charge in [0.05, 0.1) is 11.3 Å². The summed E-state index contributed by atoms with van der Waals surface area (Å²) in [6.45, 7) is 6.31. The van der Waals surface area contributed by atoms with E-state index in [9.17, 15) is 9.59 Å². The van der Waals surface area contributed by atoms with Gasteiger partial charge in [0.1, 0.15) is 0 Å². The molecular formula is C21H24N2O3S. The number of carbonyl (C=O) groups excluding carboxylic acids is 2. The van der Waals surface area contributed by atoms with E-state index in [2.05, 4.69) is 5.32 Å². The fraction of sp³-hybridized carbons (Fsp3) is 0.333. The summed E-state index contributed by atoms with van der Waals surface area (Å²) < 4.78 is 5.28. The van der Waals surface area contributed by atoms with Crippen LogP contribution in [0.25, 0.3) is 0 Å². The Hall–Kier alpha value is -2.31. The SMILES string of the molecule is CCOCCCNC(=O)c1ccc2c(c1)N(CC)C(=O)c1ccccc1S2. The lowest BCUT2D eigenvalue weighted by atomic mass is 10.1. The van der Waals surface area contributed by atoms with Crippen LogP contribution < -0.4 is 10.2 Å². The highest BCUT2D eigenvalue weighted by Gasteiger charge is 2.26. The molecule has 0 spiro atoms. The van der Waals surface area contributed by atoms with Gasteiger partial charge in [-0.1, -0.05) is 23.9 Å². The Morgan fingerprint density at radius 2 is 1.96 bits per heavy atom. The van der Waals surface area contributed by atoms with Gasteiger partial charge in [0, 0.05) is 41.7 Å². The van der Waals surface area contributed by atoms with Crippen molar-refractivity contribution in [3.05, 3.63) is 53.6 Å². The fourth-order valence-corrected chi connectivity index (χ4v) is 4.06. The van der Waals surface area contributed by atoms with E-state index >= 15 is 0 Å². The number of amides is 2. The van der Waals surface area contributed by atoms with Crippen LogP contribution in [0.15, 0.2) is 52.3 Å². The molecule has 1 N–H and O–H groups in total. The summed E-state index contributed by atoms with van der Waals surface area (Å²) >= 11 is 1.56. The number of nitrogens with one attached hydrogen (secondary N) is 1. The van der Waals surface area contributed by atoms with Gasteiger partial charge in [-0.2, -0.15) is 0 Å². The highest BCUT2D eigenvalue weighted by Crippen LogP contribution is 2.41. The molecule has 1 aliphatic rings. The zero-order valence-electron chi connectivity index (χ0n) is 15.7. The van der Waals surface area contributed by atoms with E-state index in [1.807, 2.05) is 56.3 Å². The fourth-order valence-electron chi connectivity index (χ4n) is 3.00. The number of anilines is 1. The Balaban J connectivity index is 1.82. The monoisotopic (exact) mass is 384 g/mol. The highest BCUT2D eigenvalue weighted by molar-refractivity contribution is 7.99. The topological polar surface area (TPSA) is 58.6 Å². The van der Waals surface area contributed by atoms with Crippen molar-refractivity contribution in [2.24, 2.45) is 0 Å². The molecule has 0 saturated carbocycles. The van der Waals surface area contributed by atoms with Crippen molar-refractivity contribution < 1.29 is 14.3 Å². The van der Waals surface area contributed by atoms with Gasteiger partial charge in [0.15, 0.2) is 0 Å². The summed E-state index contributed by atoms with van der Waals surface area (Å²) in [7, 11) is 0. The Morgan fingerprint density at radius 1 is 1.15 bits per heavy atom. The van der Waals surface area contributed by atoms with Crippen LogP contribution in [0.3, 0.4) is 0 Å². The average molecular weight is 385 g/mol. The van der Waals surface area contributed by atoms with Gasteiger partial charge in [0.2, 0.25) is 0 Å². The van der Waals surface area contributed by atoms with Gasteiger partial charge in [-0.25, -0.2) is 0 Å². The largest absolute Gasteiger partial charge is 0.382 e. The smallest absolute Gasteiger partial charge is 0.259 e. The van der Waals surface area contributed by atoms with Crippen LogP contribution in [-0.2, 0) is 4.74 Å². The van der Waals surface area contributed by atoms with Gasteiger partial charge in [-0.05, 0) is 50.6 Å².